The van der Waals surface area contributed by atoms with Crippen molar-refractivity contribution in [2.45, 2.75) is 18.7 Å². The van der Waals surface area contributed by atoms with Gasteiger partial charge >= 0.3 is 0 Å². The van der Waals surface area contributed by atoms with E-state index in [1.165, 1.54) is 17.8 Å². The standard InChI is InChI=1S/C24H17Cl3N2O2S/c1-13-9-14(2)11-16(10-13)28-21-22(32-18-6-3-15(25)4-7-18)24(31)29(23(21)30)17-5-8-19(26)20(27)12-17/h3-12,28H,1-2H3. The van der Waals surface area contributed by atoms with Gasteiger partial charge in [-0.15, -0.1) is 0 Å². The second kappa shape index (κ2) is 9.20. The first kappa shape index (κ1) is 22.7. The van der Waals surface area contributed by atoms with Crippen molar-refractivity contribution in [3.05, 3.63) is 97.5 Å². The van der Waals surface area contributed by atoms with Crippen LogP contribution in [0.25, 0.3) is 0 Å². The van der Waals surface area contributed by atoms with Crippen LogP contribution in [-0.2, 0) is 9.59 Å². The number of anilines is 2. The first-order valence-corrected chi connectivity index (χ1v) is 11.5. The molecule has 0 saturated carbocycles. The Labute approximate surface area is 205 Å². The summed E-state index contributed by atoms with van der Waals surface area (Å²) in [7, 11) is 0. The van der Waals surface area contributed by atoms with Gasteiger partial charge in [0.1, 0.15) is 10.6 Å². The van der Waals surface area contributed by atoms with E-state index in [-0.39, 0.29) is 15.6 Å². The fraction of sp³-hybridized carbons (Fsp3) is 0.0833. The van der Waals surface area contributed by atoms with Gasteiger partial charge in [-0.2, -0.15) is 0 Å². The molecule has 2 amide bonds. The lowest BCUT2D eigenvalue weighted by Gasteiger charge is -2.16. The summed E-state index contributed by atoms with van der Waals surface area (Å²) >= 11 is 19.3. The molecule has 1 aliphatic rings. The molecule has 0 spiro atoms. The molecule has 1 aliphatic heterocycles. The van der Waals surface area contributed by atoms with E-state index in [4.69, 9.17) is 34.8 Å². The number of hydrogen-bond acceptors (Lipinski definition) is 4. The zero-order valence-electron chi connectivity index (χ0n) is 17.1. The van der Waals surface area contributed by atoms with Gasteiger partial charge in [0.25, 0.3) is 11.8 Å². The monoisotopic (exact) mass is 502 g/mol. The molecule has 3 aromatic carbocycles. The molecule has 0 bridgehead atoms. The highest BCUT2D eigenvalue weighted by Gasteiger charge is 2.40. The lowest BCUT2D eigenvalue weighted by molar-refractivity contribution is -0.120. The maximum absolute atomic E-state index is 13.4. The van der Waals surface area contributed by atoms with Gasteiger partial charge in [-0.25, -0.2) is 4.90 Å². The van der Waals surface area contributed by atoms with Gasteiger partial charge in [0, 0.05) is 15.6 Å². The van der Waals surface area contributed by atoms with E-state index in [0.717, 1.165) is 26.6 Å². The summed E-state index contributed by atoms with van der Waals surface area (Å²) < 4.78 is 0. The second-order valence-corrected chi connectivity index (χ2v) is 9.64. The number of nitrogens with one attached hydrogen (secondary N) is 1. The number of aryl methyl sites for hydroxylation is 2. The first-order valence-electron chi connectivity index (χ1n) is 9.60. The molecule has 162 valence electrons. The third kappa shape index (κ3) is 4.66. The summed E-state index contributed by atoms with van der Waals surface area (Å²) in [6.45, 7) is 3.94. The molecule has 0 unspecified atom stereocenters. The molecule has 8 heteroatoms. The van der Waals surface area contributed by atoms with Crippen molar-refractivity contribution in [2.75, 3.05) is 10.2 Å². The highest BCUT2D eigenvalue weighted by molar-refractivity contribution is 8.04. The predicted octanol–water partition coefficient (Wildman–Crippen LogP) is 7.25. The predicted molar refractivity (Wildman–Crippen MR) is 133 cm³/mol. The number of nitrogens with zero attached hydrogens (tertiary/aromatic N) is 1. The van der Waals surface area contributed by atoms with Crippen LogP contribution in [0.4, 0.5) is 11.4 Å². The number of imide groups is 1. The van der Waals surface area contributed by atoms with Crippen molar-refractivity contribution in [3.63, 3.8) is 0 Å². The summed E-state index contributed by atoms with van der Waals surface area (Å²) in [5.74, 6) is -0.913. The molecule has 0 radical (unpaired) electrons. The molecule has 32 heavy (non-hydrogen) atoms. The molecule has 4 nitrogen and oxygen atoms in total. The second-order valence-electron chi connectivity index (χ2n) is 7.31. The highest BCUT2D eigenvalue weighted by Crippen LogP contribution is 2.39. The number of benzene rings is 3. The molecule has 0 saturated heterocycles. The Kier molecular flexibility index (Phi) is 6.54. The van der Waals surface area contributed by atoms with Crippen LogP contribution < -0.4 is 10.2 Å². The summed E-state index contributed by atoms with van der Waals surface area (Å²) in [5, 5.41) is 4.35. The van der Waals surface area contributed by atoms with Crippen LogP contribution in [0.2, 0.25) is 15.1 Å². The van der Waals surface area contributed by atoms with Crippen molar-refractivity contribution in [1.82, 2.24) is 0 Å². The summed E-state index contributed by atoms with van der Waals surface area (Å²) in [4.78, 5) is 29.0. The first-order chi connectivity index (χ1) is 15.2. The maximum Gasteiger partial charge on any atom is 0.283 e. The fourth-order valence-electron chi connectivity index (χ4n) is 3.38. The van der Waals surface area contributed by atoms with Crippen LogP contribution >= 0.6 is 46.6 Å². The Hall–Kier alpha value is -2.44. The molecule has 0 aromatic heterocycles. The molecular weight excluding hydrogens is 487 g/mol. The maximum atomic E-state index is 13.4. The molecule has 0 aliphatic carbocycles. The van der Waals surface area contributed by atoms with Crippen molar-refractivity contribution in [2.24, 2.45) is 0 Å². The lowest BCUT2D eigenvalue weighted by Crippen LogP contribution is -2.32. The zero-order valence-corrected chi connectivity index (χ0v) is 20.2. The molecule has 4 rings (SSSR count). The number of halogens is 3. The number of thioether (sulfide) groups is 1. The average molecular weight is 504 g/mol. The van der Waals surface area contributed by atoms with E-state index in [1.807, 2.05) is 32.0 Å². The number of amides is 2. The average Bonchev–Trinajstić information content (AvgIpc) is 2.95. The van der Waals surface area contributed by atoms with E-state index in [1.54, 1.807) is 36.4 Å². The van der Waals surface area contributed by atoms with Gasteiger partial charge in [-0.05, 0) is 79.6 Å². The normalized spacial score (nSPS) is 13.8. The van der Waals surface area contributed by atoms with Gasteiger partial charge in [-0.1, -0.05) is 52.6 Å². The van der Waals surface area contributed by atoms with Crippen molar-refractivity contribution >= 4 is 69.8 Å². The van der Waals surface area contributed by atoms with Crippen LogP contribution in [0, 0.1) is 13.8 Å². The van der Waals surface area contributed by atoms with E-state index in [2.05, 4.69) is 5.32 Å². The third-order valence-electron chi connectivity index (χ3n) is 4.73. The van der Waals surface area contributed by atoms with Crippen molar-refractivity contribution in [1.29, 1.82) is 0 Å². The van der Waals surface area contributed by atoms with Crippen LogP contribution in [0.5, 0.6) is 0 Å². The van der Waals surface area contributed by atoms with E-state index >= 15 is 0 Å². The van der Waals surface area contributed by atoms with Gasteiger partial charge < -0.3 is 5.32 Å². The molecule has 0 fully saturated rings. The minimum Gasteiger partial charge on any atom is -0.350 e. The van der Waals surface area contributed by atoms with E-state index in [0.29, 0.717) is 15.7 Å². The SMILES string of the molecule is Cc1cc(C)cc(NC2=C(Sc3ccc(Cl)cc3)C(=O)N(c3ccc(Cl)c(Cl)c3)C2=O)c1. The number of carbonyl (C=O) groups is 2. The topological polar surface area (TPSA) is 49.4 Å². The largest absolute Gasteiger partial charge is 0.350 e. The minimum atomic E-state index is -0.469. The Morgan fingerprint density at radius 2 is 1.44 bits per heavy atom. The van der Waals surface area contributed by atoms with Gasteiger partial charge in [0.2, 0.25) is 0 Å². The summed E-state index contributed by atoms with van der Waals surface area (Å²) in [5.41, 5.74) is 3.35. The minimum absolute atomic E-state index is 0.200. The molecule has 0 atom stereocenters. The van der Waals surface area contributed by atoms with Crippen molar-refractivity contribution in [3.8, 4) is 0 Å². The summed E-state index contributed by atoms with van der Waals surface area (Å²) in [6, 6.07) is 17.6. The quantitative estimate of drug-likeness (QED) is 0.372. The Morgan fingerprint density at radius 1 is 0.781 bits per heavy atom. The van der Waals surface area contributed by atoms with Crippen LogP contribution in [0.1, 0.15) is 11.1 Å². The van der Waals surface area contributed by atoms with Crippen LogP contribution in [0.3, 0.4) is 0 Å². The number of hydrogen-bond donors (Lipinski definition) is 1. The number of carbonyl (C=O) groups excluding carboxylic acids is 2. The Morgan fingerprint density at radius 3 is 2.06 bits per heavy atom. The van der Waals surface area contributed by atoms with Crippen molar-refractivity contribution < 1.29 is 9.59 Å². The van der Waals surface area contributed by atoms with E-state index < -0.39 is 11.8 Å². The highest BCUT2D eigenvalue weighted by atomic mass is 35.5. The third-order valence-corrected chi connectivity index (χ3v) is 6.81. The van der Waals surface area contributed by atoms with Gasteiger partial charge in [0.05, 0.1) is 15.7 Å². The van der Waals surface area contributed by atoms with Gasteiger partial charge in [0.15, 0.2) is 0 Å². The summed E-state index contributed by atoms with van der Waals surface area (Å²) in [6.07, 6.45) is 0. The van der Waals surface area contributed by atoms with E-state index in [9.17, 15) is 9.59 Å². The lowest BCUT2D eigenvalue weighted by atomic mass is 10.1. The fourth-order valence-corrected chi connectivity index (χ4v) is 4.73. The Balaban J connectivity index is 1.77. The molecule has 3 aromatic rings. The van der Waals surface area contributed by atoms with Crippen LogP contribution in [0.15, 0.2) is 76.2 Å². The molecule has 1 N–H and O–H groups in total. The zero-order chi connectivity index (χ0) is 23.0. The van der Waals surface area contributed by atoms with Gasteiger partial charge in [-0.3, -0.25) is 9.59 Å². The van der Waals surface area contributed by atoms with Crippen LogP contribution in [-0.4, -0.2) is 11.8 Å². The molecule has 1 heterocycles. The molecular formula is C24H17Cl3N2O2S. The number of rotatable bonds is 5. The smallest absolute Gasteiger partial charge is 0.283 e. The Bertz CT molecular complexity index is 1250.